The topological polar surface area (TPSA) is 52.1 Å². The second-order valence-corrected chi connectivity index (χ2v) is 5.22. The van der Waals surface area contributed by atoms with Crippen molar-refractivity contribution in [1.82, 2.24) is 9.97 Å². The van der Waals surface area contributed by atoms with Gasteiger partial charge in [0.15, 0.2) is 0 Å². The lowest BCUT2D eigenvalue weighted by molar-refractivity contribution is 0.304. The first kappa shape index (κ1) is 15.1. The molecule has 2 heterocycles. The predicted octanol–water partition coefficient (Wildman–Crippen LogP) is 2.53. The Hall–Kier alpha value is -2.84. The number of fused-ring (bicyclic) bond motifs is 1. The van der Waals surface area contributed by atoms with E-state index in [1.165, 1.54) is 12.3 Å². The normalized spacial score (nSPS) is 10.4. The van der Waals surface area contributed by atoms with E-state index in [9.17, 15) is 4.39 Å². The van der Waals surface area contributed by atoms with Crippen LogP contribution in [-0.2, 0) is 0 Å². The Balaban J connectivity index is 1.86. The fourth-order valence-electron chi connectivity index (χ4n) is 2.30. The van der Waals surface area contributed by atoms with Crippen molar-refractivity contribution < 1.29 is 9.50 Å². The summed E-state index contributed by atoms with van der Waals surface area (Å²) in [6, 6.07) is 11.0. The lowest BCUT2D eigenvalue weighted by Crippen LogP contribution is -2.20. The van der Waals surface area contributed by atoms with Crippen LogP contribution in [0.25, 0.3) is 11.0 Å². The Bertz CT molecular complexity index is 892. The van der Waals surface area contributed by atoms with Crippen LogP contribution in [0, 0.1) is 17.7 Å². The van der Waals surface area contributed by atoms with Gasteiger partial charge in [0.05, 0.1) is 18.5 Å². The quantitative estimate of drug-likeness (QED) is 0.731. The van der Waals surface area contributed by atoms with E-state index < -0.39 is 0 Å². The molecule has 5 heteroatoms. The number of pyridine rings is 1. The molecule has 1 aromatic carbocycles. The van der Waals surface area contributed by atoms with Crippen LogP contribution < -0.4 is 4.90 Å². The maximum Gasteiger partial charge on any atom is 0.142 e. The average molecular weight is 309 g/mol. The fourth-order valence-corrected chi connectivity index (χ4v) is 2.30. The summed E-state index contributed by atoms with van der Waals surface area (Å²) in [6.07, 6.45) is 1.18. The number of aromatic amines is 1. The number of aliphatic hydroxyl groups excluding tert-OH is 1. The van der Waals surface area contributed by atoms with Gasteiger partial charge < -0.3 is 15.0 Å². The van der Waals surface area contributed by atoms with Crippen LogP contribution in [-0.4, -0.2) is 35.3 Å². The van der Waals surface area contributed by atoms with Gasteiger partial charge in [-0.2, -0.15) is 0 Å². The molecule has 0 aliphatic carbocycles. The number of aromatic nitrogens is 2. The minimum atomic E-state index is -0.365. The predicted molar refractivity (Wildman–Crippen MR) is 88.8 cm³/mol. The van der Waals surface area contributed by atoms with Gasteiger partial charge >= 0.3 is 0 Å². The van der Waals surface area contributed by atoms with Crippen LogP contribution >= 0.6 is 0 Å². The van der Waals surface area contributed by atoms with Crippen LogP contribution in [0.5, 0.6) is 0 Å². The van der Waals surface area contributed by atoms with Gasteiger partial charge in [-0.25, -0.2) is 9.37 Å². The molecule has 0 aliphatic heterocycles. The number of hydrogen-bond donors (Lipinski definition) is 2. The molecular formula is C18H16FN3O. The molecule has 0 aliphatic rings. The van der Waals surface area contributed by atoms with Crippen molar-refractivity contribution in [3.05, 3.63) is 59.7 Å². The minimum absolute atomic E-state index is 0.102. The molecule has 0 bridgehead atoms. The zero-order chi connectivity index (χ0) is 16.2. The van der Waals surface area contributed by atoms with E-state index in [-0.39, 0.29) is 12.4 Å². The molecule has 0 saturated heterocycles. The van der Waals surface area contributed by atoms with Crippen LogP contribution in [0.3, 0.4) is 0 Å². The molecule has 3 rings (SSSR count). The van der Waals surface area contributed by atoms with Crippen molar-refractivity contribution in [1.29, 1.82) is 0 Å². The van der Waals surface area contributed by atoms with Gasteiger partial charge in [0.25, 0.3) is 0 Å². The Morgan fingerprint density at radius 2 is 2.13 bits per heavy atom. The number of halogens is 1. The van der Waals surface area contributed by atoms with Crippen LogP contribution in [0.15, 0.2) is 42.6 Å². The van der Waals surface area contributed by atoms with Crippen LogP contribution in [0.2, 0.25) is 0 Å². The second-order valence-electron chi connectivity index (χ2n) is 5.22. The first-order valence-electron chi connectivity index (χ1n) is 7.24. The van der Waals surface area contributed by atoms with Gasteiger partial charge in [0.2, 0.25) is 0 Å². The molecule has 0 fully saturated rings. The summed E-state index contributed by atoms with van der Waals surface area (Å²) in [4.78, 5) is 9.00. The molecule has 4 nitrogen and oxygen atoms in total. The van der Waals surface area contributed by atoms with Crippen molar-refractivity contribution in [3.63, 3.8) is 0 Å². The third-order valence-corrected chi connectivity index (χ3v) is 3.50. The van der Waals surface area contributed by atoms with E-state index in [1.54, 1.807) is 6.07 Å². The summed E-state index contributed by atoms with van der Waals surface area (Å²) >= 11 is 0. The summed E-state index contributed by atoms with van der Waals surface area (Å²) in [6.45, 7) is 0.668. The summed E-state index contributed by atoms with van der Waals surface area (Å²) < 4.78 is 13.1. The number of hydrogen-bond acceptors (Lipinski definition) is 3. The smallest absolute Gasteiger partial charge is 0.142 e. The maximum absolute atomic E-state index is 13.1. The van der Waals surface area contributed by atoms with E-state index >= 15 is 0 Å². The molecule has 23 heavy (non-hydrogen) atoms. The zero-order valence-electron chi connectivity index (χ0n) is 12.7. The average Bonchev–Trinajstić information content (AvgIpc) is 2.95. The molecule has 0 atom stereocenters. The highest BCUT2D eigenvalue weighted by atomic mass is 19.1. The van der Waals surface area contributed by atoms with E-state index in [0.717, 1.165) is 11.3 Å². The molecule has 2 N–H and O–H groups in total. The van der Waals surface area contributed by atoms with Crippen molar-refractivity contribution in [2.75, 3.05) is 25.1 Å². The number of nitrogens with one attached hydrogen (secondary N) is 1. The van der Waals surface area contributed by atoms with Crippen LogP contribution in [0.4, 0.5) is 10.1 Å². The number of H-pyrrole nitrogens is 1. The standard InChI is InChI=1S/C18H16FN3O/c1-22(7-8-23)17-4-2-3-13(9-17)5-6-16-11-14-10-15(19)12-20-18(14)21-16/h2-4,9-12,23H,7-8H2,1H3,(H,20,21). The van der Waals surface area contributed by atoms with Crippen LogP contribution in [0.1, 0.15) is 11.3 Å². The summed E-state index contributed by atoms with van der Waals surface area (Å²) in [5, 5.41) is 9.70. The first-order chi connectivity index (χ1) is 11.2. The molecule has 0 saturated carbocycles. The summed E-state index contributed by atoms with van der Waals surface area (Å²) in [5.41, 5.74) is 3.16. The largest absolute Gasteiger partial charge is 0.395 e. The minimum Gasteiger partial charge on any atom is -0.395 e. The highest BCUT2D eigenvalue weighted by Gasteiger charge is 2.02. The number of nitrogens with zero attached hydrogens (tertiary/aromatic N) is 2. The van der Waals surface area contributed by atoms with Gasteiger partial charge in [0, 0.05) is 30.2 Å². The zero-order valence-corrected chi connectivity index (χ0v) is 12.7. The Kier molecular flexibility index (Phi) is 4.26. The van der Waals surface area contributed by atoms with Gasteiger partial charge in [-0.3, -0.25) is 0 Å². The lowest BCUT2D eigenvalue weighted by atomic mass is 10.2. The molecule has 116 valence electrons. The number of likely N-dealkylation sites (N-methyl/N-ethyl adjacent to an activating group) is 1. The molecule has 0 unspecified atom stereocenters. The van der Waals surface area contributed by atoms with Crippen molar-refractivity contribution in [2.24, 2.45) is 0 Å². The Morgan fingerprint density at radius 1 is 1.26 bits per heavy atom. The van der Waals surface area contributed by atoms with E-state index in [2.05, 4.69) is 21.8 Å². The van der Waals surface area contributed by atoms with Crippen molar-refractivity contribution in [3.8, 4) is 11.8 Å². The van der Waals surface area contributed by atoms with Crippen molar-refractivity contribution in [2.45, 2.75) is 0 Å². The first-order valence-corrected chi connectivity index (χ1v) is 7.24. The fraction of sp³-hybridized carbons (Fsp3) is 0.167. The summed E-state index contributed by atoms with van der Waals surface area (Å²) in [7, 11) is 1.92. The van der Waals surface area contributed by atoms with Gasteiger partial charge in [-0.15, -0.1) is 0 Å². The highest BCUT2D eigenvalue weighted by molar-refractivity contribution is 5.77. The third-order valence-electron chi connectivity index (χ3n) is 3.50. The number of benzene rings is 1. The maximum atomic E-state index is 13.1. The third kappa shape index (κ3) is 3.50. The van der Waals surface area contributed by atoms with Gasteiger partial charge in [0.1, 0.15) is 11.5 Å². The van der Waals surface area contributed by atoms with E-state index in [0.29, 0.717) is 23.3 Å². The van der Waals surface area contributed by atoms with E-state index in [1.807, 2.05) is 36.2 Å². The van der Waals surface area contributed by atoms with E-state index in [4.69, 9.17) is 5.11 Å². The Labute approximate surface area is 133 Å². The monoisotopic (exact) mass is 309 g/mol. The summed E-state index contributed by atoms with van der Waals surface area (Å²) in [5.74, 6) is 5.75. The molecule has 0 amide bonds. The van der Waals surface area contributed by atoms with Crippen molar-refractivity contribution >= 4 is 16.7 Å². The lowest BCUT2D eigenvalue weighted by Gasteiger charge is -2.17. The SMILES string of the molecule is CN(CCO)c1cccc(C#Cc2cc3cc(F)cnc3[nH]2)c1. The number of rotatable bonds is 3. The molecule has 2 aromatic heterocycles. The Morgan fingerprint density at radius 3 is 2.96 bits per heavy atom. The molecule has 0 spiro atoms. The molecule has 3 aromatic rings. The second kappa shape index (κ2) is 6.51. The molecule has 0 radical (unpaired) electrons. The van der Waals surface area contributed by atoms with Gasteiger partial charge in [-0.05, 0) is 36.3 Å². The van der Waals surface area contributed by atoms with Gasteiger partial charge in [-0.1, -0.05) is 12.0 Å². The number of aliphatic hydroxyl groups is 1. The highest BCUT2D eigenvalue weighted by Crippen LogP contribution is 2.15. The molecular weight excluding hydrogens is 293 g/mol. The number of anilines is 1.